The van der Waals surface area contributed by atoms with Crippen molar-refractivity contribution in [3.8, 4) is 11.3 Å². The van der Waals surface area contributed by atoms with Crippen molar-refractivity contribution in [3.63, 3.8) is 0 Å². The van der Waals surface area contributed by atoms with Gasteiger partial charge in [-0.3, -0.25) is 14.9 Å². The van der Waals surface area contributed by atoms with Gasteiger partial charge >= 0.3 is 6.09 Å². The number of H-pyrrole nitrogens is 1. The Kier molecular flexibility index (Phi) is 7.00. The zero-order valence-electron chi connectivity index (χ0n) is 20.4. The highest BCUT2D eigenvalue weighted by molar-refractivity contribution is 5.98. The van der Waals surface area contributed by atoms with Crippen molar-refractivity contribution < 1.29 is 19.1 Å². The fraction of sp³-hybridized carbons (Fsp3) is 0.259. The van der Waals surface area contributed by atoms with E-state index in [9.17, 15) is 14.4 Å². The number of hydrogen-bond donors (Lipinski definition) is 5. The number of fused-ring (bicyclic) bond motifs is 5. The van der Waals surface area contributed by atoms with Crippen LogP contribution in [0.3, 0.4) is 0 Å². The minimum Gasteiger partial charge on any atom is -0.453 e. The molecule has 2 aliphatic rings. The summed E-state index contributed by atoms with van der Waals surface area (Å²) < 4.78 is 4.66. The Morgan fingerprint density at radius 1 is 1.11 bits per heavy atom. The Balaban J connectivity index is 1.43. The molecule has 10 nitrogen and oxygen atoms in total. The number of nitrogens with one attached hydrogen (secondary N) is 5. The van der Waals surface area contributed by atoms with Gasteiger partial charge in [0, 0.05) is 29.8 Å². The molecular formula is C27H28N6O4. The second-order valence-electron chi connectivity index (χ2n) is 8.95. The van der Waals surface area contributed by atoms with Gasteiger partial charge in [-0.25, -0.2) is 9.78 Å². The number of ether oxygens (including phenoxy) is 1. The van der Waals surface area contributed by atoms with E-state index in [0.717, 1.165) is 19.5 Å². The maximum atomic E-state index is 13.2. The summed E-state index contributed by atoms with van der Waals surface area (Å²) in [5.74, 6) is 0.211. The van der Waals surface area contributed by atoms with Gasteiger partial charge in [0.1, 0.15) is 5.82 Å². The summed E-state index contributed by atoms with van der Waals surface area (Å²) in [5, 5.41) is 11.9. The molecule has 190 valence electrons. The number of hydrogen-bond acceptors (Lipinski definition) is 6. The molecule has 0 saturated heterocycles. The van der Waals surface area contributed by atoms with Crippen LogP contribution in [0.5, 0.6) is 0 Å². The lowest BCUT2D eigenvalue weighted by Crippen LogP contribution is -2.30. The smallest absolute Gasteiger partial charge is 0.411 e. The second-order valence-corrected chi connectivity index (χ2v) is 8.95. The van der Waals surface area contributed by atoms with Crippen LogP contribution in [-0.4, -0.2) is 41.5 Å². The summed E-state index contributed by atoms with van der Waals surface area (Å²) >= 11 is 0. The molecule has 0 aliphatic carbocycles. The van der Waals surface area contributed by atoms with Crippen molar-refractivity contribution in [1.29, 1.82) is 0 Å². The van der Waals surface area contributed by atoms with Gasteiger partial charge in [0.25, 0.3) is 5.91 Å². The highest BCUT2D eigenvalue weighted by Crippen LogP contribution is 2.31. The van der Waals surface area contributed by atoms with Gasteiger partial charge in [0.15, 0.2) is 0 Å². The molecule has 1 atom stereocenters. The van der Waals surface area contributed by atoms with Gasteiger partial charge in [-0.05, 0) is 60.8 Å². The maximum Gasteiger partial charge on any atom is 0.411 e. The summed E-state index contributed by atoms with van der Waals surface area (Å²) in [5.41, 5.74) is 5.35. The number of aromatic amines is 1. The summed E-state index contributed by atoms with van der Waals surface area (Å²) in [7, 11) is 1.28. The maximum absolute atomic E-state index is 13.2. The van der Waals surface area contributed by atoms with Crippen molar-refractivity contribution >= 4 is 29.3 Å². The first-order chi connectivity index (χ1) is 18.0. The average molecular weight is 501 g/mol. The van der Waals surface area contributed by atoms with E-state index in [1.807, 2.05) is 24.3 Å². The first-order valence-corrected chi connectivity index (χ1v) is 12.1. The van der Waals surface area contributed by atoms with Crippen LogP contribution < -0.4 is 21.3 Å². The highest BCUT2D eigenvalue weighted by Gasteiger charge is 2.21. The van der Waals surface area contributed by atoms with E-state index in [1.54, 1.807) is 30.5 Å². The Hall–Kier alpha value is -4.44. The Morgan fingerprint density at radius 2 is 2.00 bits per heavy atom. The number of aromatic nitrogens is 2. The van der Waals surface area contributed by atoms with Crippen molar-refractivity contribution in [2.75, 3.05) is 24.3 Å². The molecule has 0 unspecified atom stereocenters. The third-order valence-electron chi connectivity index (χ3n) is 6.44. The van der Waals surface area contributed by atoms with E-state index >= 15 is 0 Å². The molecule has 3 heterocycles. The molecule has 0 radical (unpaired) electrons. The van der Waals surface area contributed by atoms with Crippen LogP contribution >= 0.6 is 0 Å². The third kappa shape index (κ3) is 5.54. The number of imidazole rings is 1. The van der Waals surface area contributed by atoms with Gasteiger partial charge in [0.2, 0.25) is 5.91 Å². The van der Waals surface area contributed by atoms with E-state index in [1.165, 1.54) is 18.2 Å². The quantitative estimate of drug-likeness (QED) is 0.348. The number of carbonyl (C=O) groups excluding carboxylic acids is 3. The number of rotatable bonds is 3. The van der Waals surface area contributed by atoms with Gasteiger partial charge in [0.05, 0.1) is 30.7 Å². The minimum atomic E-state index is -0.611. The zero-order chi connectivity index (χ0) is 25.8. The Labute approximate surface area is 213 Å². The van der Waals surface area contributed by atoms with Gasteiger partial charge in [-0.2, -0.15) is 0 Å². The zero-order valence-corrected chi connectivity index (χ0v) is 20.4. The molecular weight excluding hydrogens is 472 g/mol. The number of benzene rings is 2. The largest absolute Gasteiger partial charge is 0.453 e. The van der Waals surface area contributed by atoms with Gasteiger partial charge < -0.3 is 25.7 Å². The van der Waals surface area contributed by atoms with E-state index in [0.29, 0.717) is 40.4 Å². The highest BCUT2D eigenvalue weighted by atomic mass is 16.5. The molecule has 5 rings (SSSR count). The first-order valence-electron chi connectivity index (χ1n) is 12.1. The topological polar surface area (TPSA) is 137 Å². The third-order valence-corrected chi connectivity index (χ3v) is 6.44. The second kappa shape index (κ2) is 10.7. The molecule has 1 aromatic heterocycles. The molecule has 2 aliphatic heterocycles. The van der Waals surface area contributed by atoms with E-state index in [4.69, 9.17) is 0 Å². The molecule has 2 bridgehead atoms. The van der Waals surface area contributed by atoms with E-state index < -0.39 is 12.1 Å². The van der Waals surface area contributed by atoms with E-state index in [-0.39, 0.29) is 18.2 Å². The first kappa shape index (κ1) is 24.3. The number of anilines is 2. The van der Waals surface area contributed by atoms with Gasteiger partial charge in [-0.15, -0.1) is 0 Å². The minimum absolute atomic E-state index is 0.159. The van der Waals surface area contributed by atoms with Crippen LogP contribution in [0.2, 0.25) is 0 Å². The Bertz CT molecular complexity index is 1380. The molecule has 5 N–H and O–H groups in total. The summed E-state index contributed by atoms with van der Waals surface area (Å²) in [6, 6.07) is 10.5. The molecule has 0 saturated carbocycles. The van der Waals surface area contributed by atoms with Crippen LogP contribution in [0.4, 0.5) is 16.2 Å². The van der Waals surface area contributed by atoms with Gasteiger partial charge in [-0.1, -0.05) is 18.2 Å². The lowest BCUT2D eigenvalue weighted by Gasteiger charge is -2.19. The summed E-state index contributed by atoms with van der Waals surface area (Å²) in [4.78, 5) is 45.3. The molecule has 3 aromatic rings. The standard InChI is InChI=1S/C27H28N6O4/c1-37-27(36)30-19-8-9-20-22(13-19)31-24(34)5-3-2-4-21(25-29-15-23(20)32-25)33-26(35)17-6-7-18-14-28-11-10-16(18)12-17/h2-3,6-9,12-13,15,21,28H,4-5,10-11,14H2,1H3,(H,29,32)(H,30,36)(H,31,34)(H,33,35)/b3-2+/t21-/m0/s1. The van der Waals surface area contributed by atoms with Crippen LogP contribution in [-0.2, 0) is 22.5 Å². The lowest BCUT2D eigenvalue weighted by molar-refractivity contribution is -0.115. The molecule has 10 heteroatoms. The normalized spacial score (nSPS) is 17.6. The number of nitrogens with zero attached hydrogens (tertiary/aromatic N) is 1. The summed E-state index contributed by atoms with van der Waals surface area (Å²) in [6.07, 6.45) is 6.20. The molecule has 3 amide bonds. The number of amides is 3. The van der Waals surface area contributed by atoms with Crippen molar-refractivity contribution in [2.24, 2.45) is 0 Å². The van der Waals surface area contributed by atoms with Crippen LogP contribution in [0.25, 0.3) is 11.3 Å². The monoisotopic (exact) mass is 500 g/mol. The van der Waals surface area contributed by atoms with E-state index in [2.05, 4.69) is 36.0 Å². The fourth-order valence-electron chi connectivity index (χ4n) is 4.50. The van der Waals surface area contributed by atoms with Crippen molar-refractivity contribution in [3.05, 3.63) is 77.3 Å². The molecule has 2 aromatic carbocycles. The molecule has 37 heavy (non-hydrogen) atoms. The molecule has 0 fully saturated rings. The molecule has 0 spiro atoms. The van der Waals surface area contributed by atoms with Crippen molar-refractivity contribution in [1.82, 2.24) is 20.6 Å². The van der Waals surface area contributed by atoms with Crippen LogP contribution in [0, 0.1) is 0 Å². The SMILES string of the molecule is COC(=O)Nc1ccc2c(c1)NC(=O)C/C=C/C[C@H](NC(=O)c1ccc3c(c1)CCNC3)c1ncc-2[nH]1. The number of carbonyl (C=O) groups is 3. The van der Waals surface area contributed by atoms with Crippen LogP contribution in [0.1, 0.15) is 46.2 Å². The predicted octanol–water partition coefficient (Wildman–Crippen LogP) is 3.66. The predicted molar refractivity (Wildman–Crippen MR) is 139 cm³/mol. The van der Waals surface area contributed by atoms with Crippen LogP contribution in [0.15, 0.2) is 54.7 Å². The average Bonchev–Trinajstić information content (AvgIpc) is 3.39. The fourth-order valence-corrected chi connectivity index (χ4v) is 4.50. The lowest BCUT2D eigenvalue weighted by atomic mass is 9.98. The van der Waals surface area contributed by atoms with Crippen molar-refractivity contribution in [2.45, 2.75) is 31.8 Å². The Morgan fingerprint density at radius 3 is 2.86 bits per heavy atom. The summed E-state index contributed by atoms with van der Waals surface area (Å²) in [6.45, 7) is 1.71. The number of methoxy groups -OCH3 is 1.